The number of carbonyl (C=O) groups excluding carboxylic acids is 1. The molecule has 1 aliphatic heterocycles. The molecule has 1 fully saturated rings. The summed E-state index contributed by atoms with van der Waals surface area (Å²) in [5.41, 5.74) is 1.90. The fourth-order valence-corrected chi connectivity index (χ4v) is 5.24. The van der Waals surface area contributed by atoms with E-state index in [1.54, 1.807) is 11.3 Å². The molecule has 0 spiro atoms. The second-order valence-corrected chi connectivity index (χ2v) is 9.08. The van der Waals surface area contributed by atoms with Gasteiger partial charge in [0.1, 0.15) is 11.9 Å². The van der Waals surface area contributed by atoms with Crippen molar-refractivity contribution < 1.29 is 9.53 Å². The number of likely N-dealkylation sites (tertiary alicyclic amines) is 1. The lowest BCUT2D eigenvalue weighted by Gasteiger charge is -2.31. The number of hydrogen-bond acceptors (Lipinski definition) is 7. The second kappa shape index (κ2) is 8.45. The van der Waals surface area contributed by atoms with Crippen molar-refractivity contribution >= 4 is 39.2 Å². The van der Waals surface area contributed by atoms with Gasteiger partial charge in [-0.3, -0.25) is 4.79 Å². The number of aromatic nitrogens is 3. The molecule has 2 aromatic heterocycles. The quantitative estimate of drug-likeness (QED) is 0.591. The molecule has 0 saturated carbocycles. The third kappa shape index (κ3) is 4.62. The highest BCUT2D eigenvalue weighted by atomic mass is 32.2. The van der Waals surface area contributed by atoms with E-state index in [0.717, 1.165) is 38.9 Å². The van der Waals surface area contributed by atoms with Crippen LogP contribution in [0.3, 0.4) is 0 Å². The Balaban J connectivity index is 1.26. The van der Waals surface area contributed by atoms with Gasteiger partial charge in [0.25, 0.3) is 0 Å². The van der Waals surface area contributed by atoms with E-state index in [0.29, 0.717) is 24.7 Å². The minimum atomic E-state index is 0.0923. The molecule has 1 amide bonds. The van der Waals surface area contributed by atoms with Crippen LogP contribution in [0.1, 0.15) is 24.4 Å². The number of nitrogens with zero attached hydrogens (tertiary/aromatic N) is 4. The first-order chi connectivity index (χ1) is 13.6. The Kier molecular flexibility index (Phi) is 5.77. The maximum atomic E-state index is 12.6. The van der Waals surface area contributed by atoms with E-state index in [1.807, 2.05) is 43.0 Å². The molecule has 0 radical (unpaired) electrons. The summed E-state index contributed by atoms with van der Waals surface area (Å²) in [5, 5.41) is 0. The van der Waals surface area contributed by atoms with E-state index in [9.17, 15) is 4.79 Å². The average molecular weight is 415 g/mol. The van der Waals surface area contributed by atoms with Crippen molar-refractivity contribution in [3.05, 3.63) is 41.9 Å². The number of thioether (sulfide) groups is 1. The van der Waals surface area contributed by atoms with Crippen LogP contribution in [-0.2, 0) is 4.79 Å². The third-order valence-electron chi connectivity index (χ3n) is 4.62. The molecule has 0 bridgehead atoms. The predicted octanol–water partition coefficient (Wildman–Crippen LogP) is 3.87. The smallest absolute Gasteiger partial charge is 0.233 e. The monoisotopic (exact) mass is 414 g/mol. The number of aryl methyl sites for hydroxylation is 2. The summed E-state index contributed by atoms with van der Waals surface area (Å²) in [7, 11) is 0. The molecule has 3 heterocycles. The van der Waals surface area contributed by atoms with Crippen LogP contribution in [0.5, 0.6) is 5.88 Å². The molecule has 0 aliphatic carbocycles. The van der Waals surface area contributed by atoms with Crippen LogP contribution in [0.25, 0.3) is 10.2 Å². The molecule has 1 aromatic carbocycles. The van der Waals surface area contributed by atoms with Gasteiger partial charge in [0.15, 0.2) is 4.34 Å². The lowest BCUT2D eigenvalue weighted by atomic mass is 10.1. The summed E-state index contributed by atoms with van der Waals surface area (Å²) in [6.07, 6.45) is 1.73. The normalized spacial score (nSPS) is 15.1. The number of ether oxygens (including phenoxy) is 1. The first-order valence-electron chi connectivity index (χ1n) is 9.32. The van der Waals surface area contributed by atoms with Crippen LogP contribution in [0.15, 0.2) is 34.7 Å². The highest BCUT2D eigenvalue weighted by Gasteiger charge is 2.24. The van der Waals surface area contributed by atoms with Crippen LogP contribution < -0.4 is 4.74 Å². The number of fused-ring (bicyclic) bond motifs is 1. The SMILES string of the molecule is Cc1cc(OC2CCN(C(=O)CSc3nc4ccccc4s3)CC2)nc(C)n1. The molecule has 4 rings (SSSR count). The molecule has 0 N–H and O–H groups in total. The van der Waals surface area contributed by atoms with Crippen molar-refractivity contribution in [2.75, 3.05) is 18.8 Å². The number of rotatable bonds is 5. The van der Waals surface area contributed by atoms with Crippen molar-refractivity contribution in [1.29, 1.82) is 0 Å². The van der Waals surface area contributed by atoms with Crippen molar-refractivity contribution in [3.8, 4) is 5.88 Å². The van der Waals surface area contributed by atoms with Crippen LogP contribution in [0.2, 0.25) is 0 Å². The molecule has 6 nitrogen and oxygen atoms in total. The van der Waals surface area contributed by atoms with Crippen LogP contribution in [-0.4, -0.2) is 50.7 Å². The lowest BCUT2D eigenvalue weighted by molar-refractivity contribution is -0.130. The number of hydrogen-bond donors (Lipinski definition) is 0. The van der Waals surface area contributed by atoms with E-state index < -0.39 is 0 Å². The maximum absolute atomic E-state index is 12.6. The van der Waals surface area contributed by atoms with Crippen molar-refractivity contribution in [2.45, 2.75) is 37.1 Å². The summed E-state index contributed by atoms with van der Waals surface area (Å²) in [4.78, 5) is 27.7. The summed E-state index contributed by atoms with van der Waals surface area (Å²) >= 11 is 3.16. The van der Waals surface area contributed by atoms with Crippen molar-refractivity contribution in [3.63, 3.8) is 0 Å². The van der Waals surface area contributed by atoms with Crippen LogP contribution in [0.4, 0.5) is 0 Å². The van der Waals surface area contributed by atoms with E-state index in [1.165, 1.54) is 11.8 Å². The molecule has 0 atom stereocenters. The molecule has 1 aliphatic rings. The zero-order valence-electron chi connectivity index (χ0n) is 15.9. The Morgan fingerprint density at radius 3 is 2.75 bits per heavy atom. The minimum Gasteiger partial charge on any atom is -0.474 e. The van der Waals surface area contributed by atoms with E-state index in [4.69, 9.17) is 4.74 Å². The third-order valence-corrected chi connectivity index (χ3v) is 6.78. The lowest BCUT2D eigenvalue weighted by Crippen LogP contribution is -2.42. The summed E-state index contributed by atoms with van der Waals surface area (Å²) in [5.74, 6) is 1.93. The molecule has 8 heteroatoms. The number of carbonyl (C=O) groups is 1. The van der Waals surface area contributed by atoms with Gasteiger partial charge in [-0.15, -0.1) is 11.3 Å². The van der Waals surface area contributed by atoms with Gasteiger partial charge in [0.05, 0.1) is 16.0 Å². The molecular formula is C20H22N4O2S2. The Hall–Kier alpha value is -2.19. The fraction of sp³-hybridized carbons (Fsp3) is 0.400. The predicted molar refractivity (Wildman–Crippen MR) is 112 cm³/mol. The summed E-state index contributed by atoms with van der Waals surface area (Å²) in [6, 6.07) is 9.92. The molecule has 3 aromatic rings. The Bertz CT molecular complexity index is 930. The topological polar surface area (TPSA) is 68.2 Å². The zero-order chi connectivity index (χ0) is 19.5. The van der Waals surface area contributed by atoms with Gasteiger partial charge in [-0.2, -0.15) is 4.98 Å². The first-order valence-corrected chi connectivity index (χ1v) is 11.1. The summed E-state index contributed by atoms with van der Waals surface area (Å²) in [6.45, 7) is 5.23. The van der Waals surface area contributed by atoms with Gasteiger partial charge in [-0.05, 0) is 26.0 Å². The van der Waals surface area contributed by atoms with E-state index in [2.05, 4.69) is 21.0 Å². The van der Waals surface area contributed by atoms with Crippen LogP contribution >= 0.6 is 23.1 Å². The van der Waals surface area contributed by atoms with Gasteiger partial charge in [0, 0.05) is 37.7 Å². The first kappa shape index (κ1) is 19.1. The summed E-state index contributed by atoms with van der Waals surface area (Å²) < 4.78 is 8.11. The zero-order valence-corrected chi connectivity index (χ0v) is 17.6. The number of benzene rings is 1. The number of para-hydroxylation sites is 1. The van der Waals surface area contributed by atoms with Crippen LogP contribution in [0, 0.1) is 13.8 Å². The Labute approximate surface area is 172 Å². The minimum absolute atomic E-state index is 0.0923. The highest BCUT2D eigenvalue weighted by molar-refractivity contribution is 8.01. The van der Waals surface area contributed by atoms with E-state index >= 15 is 0 Å². The van der Waals surface area contributed by atoms with Gasteiger partial charge in [-0.25, -0.2) is 9.97 Å². The molecule has 146 valence electrons. The number of amides is 1. The number of thiazole rings is 1. The highest BCUT2D eigenvalue weighted by Crippen LogP contribution is 2.29. The van der Waals surface area contributed by atoms with Gasteiger partial charge >= 0.3 is 0 Å². The van der Waals surface area contributed by atoms with Gasteiger partial charge < -0.3 is 9.64 Å². The fourth-order valence-electron chi connectivity index (χ4n) is 3.26. The van der Waals surface area contributed by atoms with Gasteiger partial charge in [0.2, 0.25) is 11.8 Å². The molecule has 1 saturated heterocycles. The van der Waals surface area contributed by atoms with Crippen molar-refractivity contribution in [1.82, 2.24) is 19.9 Å². The Morgan fingerprint density at radius 2 is 2.00 bits per heavy atom. The van der Waals surface area contributed by atoms with Crippen molar-refractivity contribution in [2.24, 2.45) is 0 Å². The standard InChI is InChI=1S/C20H22N4O2S2/c1-13-11-18(22-14(2)21-13)26-15-7-9-24(10-8-15)19(25)12-27-20-23-16-5-3-4-6-17(16)28-20/h3-6,11,15H,7-10,12H2,1-2H3. The molecule has 0 unspecified atom stereocenters. The Morgan fingerprint density at radius 1 is 1.21 bits per heavy atom. The average Bonchev–Trinajstić information content (AvgIpc) is 3.09. The number of piperidine rings is 1. The largest absolute Gasteiger partial charge is 0.474 e. The van der Waals surface area contributed by atoms with E-state index in [-0.39, 0.29) is 12.0 Å². The molecule has 28 heavy (non-hydrogen) atoms. The molecular weight excluding hydrogens is 392 g/mol. The maximum Gasteiger partial charge on any atom is 0.233 e. The van der Waals surface area contributed by atoms with Gasteiger partial charge in [-0.1, -0.05) is 23.9 Å². The second-order valence-electron chi connectivity index (χ2n) is 6.83.